The zero-order valence-electron chi connectivity index (χ0n) is 23.0. The maximum atomic E-state index is 11.2. The molecule has 3 aromatic carbocycles. The van der Waals surface area contributed by atoms with E-state index in [0.29, 0.717) is 5.75 Å². The van der Waals surface area contributed by atoms with Gasteiger partial charge in [-0.2, -0.15) is 0 Å². The second-order valence-electron chi connectivity index (χ2n) is 9.37. The van der Waals surface area contributed by atoms with Crippen LogP contribution in [-0.2, 0) is 11.2 Å². The average Bonchev–Trinajstić information content (AvgIpc) is 2.86. The summed E-state index contributed by atoms with van der Waals surface area (Å²) in [4.78, 5) is 18.5. The van der Waals surface area contributed by atoms with Crippen molar-refractivity contribution in [1.29, 1.82) is 0 Å². The maximum Gasteiger partial charge on any atom is 0.347 e. The van der Waals surface area contributed by atoms with Crippen molar-refractivity contribution in [3.63, 3.8) is 0 Å². The summed E-state index contributed by atoms with van der Waals surface area (Å²) in [6.45, 7) is 12.4. The summed E-state index contributed by atoms with van der Waals surface area (Å²) in [7, 11) is 2.13. The topological polar surface area (TPSA) is 62.1 Å². The molecule has 0 amide bonds. The largest absolute Gasteiger partial charge is 0.478 e. The number of carboxylic acids is 1. The molecule has 0 atom stereocenters. The molecule has 0 fully saturated rings. The second-order valence-corrected chi connectivity index (χ2v) is 9.37. The molecule has 194 valence electrons. The quantitative estimate of drug-likeness (QED) is 0.276. The average molecular weight is 491 g/mol. The molecule has 0 radical (unpaired) electrons. The monoisotopic (exact) mass is 490 g/mol. The molecule has 0 aliphatic heterocycles. The Morgan fingerprint density at radius 1 is 1.03 bits per heavy atom. The minimum absolute atomic E-state index is 0.564. The number of hydrogen-bond acceptors (Lipinski definition) is 4. The van der Waals surface area contributed by atoms with Crippen molar-refractivity contribution in [1.82, 2.24) is 0 Å². The normalized spacial score (nSPS) is 11.6. The Morgan fingerprint density at radius 3 is 2.22 bits per heavy atom. The molecule has 0 aliphatic carbocycles. The Morgan fingerprint density at radius 2 is 1.64 bits per heavy atom. The first-order chi connectivity index (χ1) is 17.2. The summed E-state index contributed by atoms with van der Waals surface area (Å²) in [5.74, 6) is -0.421. The van der Waals surface area contributed by atoms with E-state index in [1.165, 1.54) is 22.0 Å². The van der Waals surface area contributed by atoms with Crippen molar-refractivity contribution < 1.29 is 14.6 Å². The van der Waals surface area contributed by atoms with Crippen molar-refractivity contribution in [2.75, 3.05) is 18.5 Å². The zero-order chi connectivity index (χ0) is 26.7. The van der Waals surface area contributed by atoms with Crippen LogP contribution in [0.4, 0.5) is 11.4 Å². The number of hydrogen-bond donors (Lipinski definition) is 1. The van der Waals surface area contributed by atoms with Crippen LogP contribution in [0.25, 0.3) is 10.8 Å². The van der Waals surface area contributed by atoms with E-state index in [2.05, 4.69) is 62.2 Å². The van der Waals surface area contributed by atoms with E-state index in [9.17, 15) is 9.90 Å². The van der Waals surface area contributed by atoms with Crippen LogP contribution in [0.3, 0.4) is 0 Å². The Bertz CT molecular complexity index is 1150. The van der Waals surface area contributed by atoms with Crippen molar-refractivity contribution in [2.24, 2.45) is 4.99 Å². The molecule has 3 rings (SSSR count). The van der Waals surface area contributed by atoms with Gasteiger partial charge in [-0.25, -0.2) is 4.79 Å². The molecular weight excluding hydrogens is 448 g/mol. The Hall–Kier alpha value is -3.34. The predicted octanol–water partition coefficient (Wildman–Crippen LogP) is 8.07. The van der Waals surface area contributed by atoms with Crippen LogP contribution in [0.5, 0.6) is 5.75 Å². The lowest BCUT2D eigenvalue weighted by Gasteiger charge is -2.21. The number of aliphatic carboxylic acids is 1. The maximum absolute atomic E-state index is 11.2. The van der Waals surface area contributed by atoms with Gasteiger partial charge < -0.3 is 14.7 Å². The number of ether oxygens (including phenoxy) is 1. The summed E-state index contributed by atoms with van der Waals surface area (Å²) < 4.78 is 5.58. The van der Waals surface area contributed by atoms with Gasteiger partial charge >= 0.3 is 5.97 Å². The summed E-state index contributed by atoms with van der Waals surface area (Å²) in [6.07, 6.45) is 3.91. The second kappa shape index (κ2) is 13.7. The molecule has 0 aromatic heterocycles. The first kappa shape index (κ1) is 28.9. The molecule has 3 aromatic rings. The molecule has 0 bridgehead atoms. The first-order valence-corrected chi connectivity index (χ1v) is 13.0. The van der Waals surface area contributed by atoms with E-state index in [1.807, 2.05) is 38.1 Å². The minimum atomic E-state index is -1.25. The van der Waals surface area contributed by atoms with Gasteiger partial charge in [-0.1, -0.05) is 57.2 Å². The van der Waals surface area contributed by atoms with Gasteiger partial charge in [0.1, 0.15) is 5.75 Å². The minimum Gasteiger partial charge on any atom is -0.478 e. The van der Waals surface area contributed by atoms with Crippen molar-refractivity contribution in [3.8, 4) is 5.75 Å². The molecular formula is C31H42N2O3. The number of aryl methyl sites for hydroxylation is 1. The molecule has 0 spiro atoms. The summed E-state index contributed by atoms with van der Waals surface area (Å²) in [5.41, 5.74) is 3.25. The number of fused-ring (bicyclic) bond motifs is 1. The van der Waals surface area contributed by atoms with Crippen LogP contribution in [-0.4, -0.2) is 36.0 Å². The first-order valence-electron chi connectivity index (χ1n) is 13.0. The van der Waals surface area contributed by atoms with E-state index < -0.39 is 11.6 Å². The zero-order valence-corrected chi connectivity index (χ0v) is 23.0. The molecule has 1 N–H and O–H groups in total. The van der Waals surface area contributed by atoms with Gasteiger partial charge in [0.05, 0.1) is 11.4 Å². The van der Waals surface area contributed by atoms with Crippen LogP contribution in [0.15, 0.2) is 65.7 Å². The Labute approximate surface area is 216 Å². The fourth-order valence-corrected chi connectivity index (χ4v) is 3.94. The van der Waals surface area contributed by atoms with Crippen LogP contribution in [0.1, 0.15) is 66.4 Å². The van der Waals surface area contributed by atoms with Crippen LogP contribution < -0.4 is 9.64 Å². The van der Waals surface area contributed by atoms with Gasteiger partial charge in [-0.3, -0.25) is 4.99 Å². The van der Waals surface area contributed by atoms with E-state index >= 15 is 0 Å². The lowest BCUT2D eigenvalue weighted by molar-refractivity contribution is -0.152. The number of carboxylic acid groups (broad SMARTS) is 1. The summed E-state index contributed by atoms with van der Waals surface area (Å²) >= 11 is 0. The van der Waals surface area contributed by atoms with E-state index in [1.54, 1.807) is 13.8 Å². The van der Waals surface area contributed by atoms with Gasteiger partial charge in [-0.15, -0.1) is 0 Å². The summed E-state index contributed by atoms with van der Waals surface area (Å²) in [5, 5.41) is 11.7. The molecule has 0 heterocycles. The lowest BCUT2D eigenvalue weighted by Crippen LogP contribution is -2.37. The number of rotatable bonds is 11. The standard InChI is InChI=1S/C29H36N2O3.C2H6/c1-6-18-31(5)27-20-24-13-8-7-12-23(24)19-26(27)30-21(2)10-9-11-22-14-16-25(17-15-22)34-29(3,4)28(32)33;1-2/h7-8,12-17,19-20H,6,9-11,18H2,1-5H3,(H,32,33);1-2H3. The van der Waals surface area contributed by atoms with Crippen molar-refractivity contribution in [3.05, 3.63) is 66.2 Å². The van der Waals surface area contributed by atoms with Crippen LogP contribution in [0, 0.1) is 0 Å². The predicted molar refractivity (Wildman–Crippen MR) is 153 cm³/mol. The highest BCUT2D eigenvalue weighted by atomic mass is 16.5. The highest BCUT2D eigenvalue weighted by molar-refractivity contribution is 5.94. The summed E-state index contributed by atoms with van der Waals surface area (Å²) in [6, 6.07) is 20.5. The third kappa shape index (κ3) is 8.11. The SMILES string of the molecule is CC.CCCN(C)c1cc2ccccc2cc1N=C(C)CCCc1ccc(OC(C)(C)C(=O)O)cc1. The fraction of sp³-hybridized carbons (Fsp3) is 0.419. The van der Waals surface area contributed by atoms with E-state index in [4.69, 9.17) is 9.73 Å². The molecule has 0 saturated heterocycles. The van der Waals surface area contributed by atoms with Gasteiger partial charge in [0.15, 0.2) is 5.60 Å². The van der Waals surface area contributed by atoms with Crippen molar-refractivity contribution in [2.45, 2.75) is 72.8 Å². The molecule has 5 nitrogen and oxygen atoms in total. The fourth-order valence-electron chi connectivity index (χ4n) is 3.94. The number of nitrogens with zero attached hydrogens (tertiary/aromatic N) is 2. The molecule has 0 unspecified atom stereocenters. The highest BCUT2D eigenvalue weighted by Crippen LogP contribution is 2.33. The van der Waals surface area contributed by atoms with Gasteiger partial charge in [0.25, 0.3) is 0 Å². The number of carbonyl (C=O) groups is 1. The Kier molecular flexibility index (Phi) is 11.0. The van der Waals surface area contributed by atoms with Gasteiger partial charge in [0.2, 0.25) is 0 Å². The van der Waals surface area contributed by atoms with Crippen molar-refractivity contribution >= 4 is 33.8 Å². The van der Waals surface area contributed by atoms with E-state index in [0.717, 1.165) is 43.6 Å². The molecule has 0 aliphatic rings. The van der Waals surface area contributed by atoms with Gasteiger partial charge in [-0.05, 0) is 87.1 Å². The smallest absolute Gasteiger partial charge is 0.347 e. The number of benzene rings is 3. The van der Waals surface area contributed by atoms with Gasteiger partial charge in [0, 0.05) is 19.3 Å². The van der Waals surface area contributed by atoms with E-state index in [-0.39, 0.29) is 0 Å². The lowest BCUT2D eigenvalue weighted by atomic mass is 10.1. The third-order valence-corrected chi connectivity index (χ3v) is 5.94. The van der Waals surface area contributed by atoms with Crippen LogP contribution >= 0.6 is 0 Å². The number of aliphatic imine (C=N–C) groups is 1. The van der Waals surface area contributed by atoms with Crippen LogP contribution in [0.2, 0.25) is 0 Å². The highest BCUT2D eigenvalue weighted by Gasteiger charge is 2.29. The molecule has 36 heavy (non-hydrogen) atoms. The third-order valence-electron chi connectivity index (χ3n) is 5.94. The number of anilines is 1. The molecule has 5 heteroatoms. The molecule has 0 saturated carbocycles. The Balaban J connectivity index is 0.00000222.